The third-order valence-corrected chi connectivity index (χ3v) is 3.16. The minimum Gasteiger partial charge on any atom is -0.317 e. The zero-order valence-electron chi connectivity index (χ0n) is 12.1. The van der Waals surface area contributed by atoms with E-state index in [0.717, 1.165) is 0 Å². The van der Waals surface area contributed by atoms with Gasteiger partial charge in [0.1, 0.15) is 0 Å². The summed E-state index contributed by atoms with van der Waals surface area (Å²) in [5, 5.41) is 1.29. The quantitative estimate of drug-likeness (QED) is 0.555. The lowest BCUT2D eigenvalue weighted by atomic mass is 10.2. The normalized spacial score (nSPS) is 10.1. The van der Waals surface area contributed by atoms with Crippen molar-refractivity contribution in [1.82, 2.24) is 4.57 Å². The molecule has 2 aromatic carbocycles. The summed E-state index contributed by atoms with van der Waals surface area (Å²) < 4.78 is 2.24. The van der Waals surface area contributed by atoms with Gasteiger partial charge in [0.05, 0.1) is 5.52 Å². The molecule has 1 heteroatoms. The molecule has 0 spiro atoms. The van der Waals surface area contributed by atoms with E-state index in [1.54, 1.807) is 0 Å². The zero-order chi connectivity index (χ0) is 13.8. The van der Waals surface area contributed by atoms with E-state index in [4.69, 9.17) is 0 Å². The van der Waals surface area contributed by atoms with Crippen molar-refractivity contribution in [1.29, 1.82) is 0 Å². The van der Waals surface area contributed by atoms with Crippen LogP contribution >= 0.6 is 0 Å². The Morgan fingerprint density at radius 2 is 1.37 bits per heavy atom. The number of hydrogen-bond donors (Lipinski definition) is 0. The van der Waals surface area contributed by atoms with Gasteiger partial charge in [-0.2, -0.15) is 0 Å². The second-order valence-corrected chi connectivity index (χ2v) is 4.58. The number of hydrogen-bond acceptors (Lipinski definition) is 0. The molecule has 98 valence electrons. The van der Waals surface area contributed by atoms with E-state index in [-0.39, 0.29) is 0 Å². The summed E-state index contributed by atoms with van der Waals surface area (Å²) in [6, 6.07) is 17.4. The molecule has 0 aliphatic rings. The van der Waals surface area contributed by atoms with Crippen LogP contribution in [0.3, 0.4) is 0 Å². The van der Waals surface area contributed by atoms with Crippen molar-refractivity contribution in [2.45, 2.75) is 27.7 Å². The Labute approximate surface area is 115 Å². The van der Waals surface area contributed by atoms with Crippen LogP contribution in [0.1, 0.15) is 25.0 Å². The van der Waals surface area contributed by atoms with E-state index in [0.29, 0.717) is 0 Å². The molecule has 0 saturated heterocycles. The Morgan fingerprint density at radius 3 is 2.05 bits per heavy atom. The summed E-state index contributed by atoms with van der Waals surface area (Å²) in [4.78, 5) is 0. The van der Waals surface area contributed by atoms with Gasteiger partial charge >= 0.3 is 0 Å². The van der Waals surface area contributed by atoms with Crippen LogP contribution < -0.4 is 0 Å². The molecule has 0 N–H and O–H groups in total. The average Bonchev–Trinajstić information content (AvgIpc) is 2.85. The summed E-state index contributed by atoms with van der Waals surface area (Å²) in [7, 11) is 0. The molecule has 0 saturated carbocycles. The molecule has 0 aliphatic heterocycles. The van der Waals surface area contributed by atoms with E-state index >= 15 is 0 Å². The van der Waals surface area contributed by atoms with Gasteiger partial charge in [-0.25, -0.2) is 0 Å². The lowest BCUT2D eigenvalue weighted by Crippen LogP contribution is -1.91. The maximum Gasteiger partial charge on any atom is 0.0531 e. The van der Waals surface area contributed by atoms with Gasteiger partial charge in [-0.05, 0) is 49.1 Å². The van der Waals surface area contributed by atoms with Crippen molar-refractivity contribution in [2.24, 2.45) is 0 Å². The lowest BCUT2D eigenvalue weighted by Gasteiger charge is -2.06. The molecular weight excluding hydrogens is 230 g/mol. The van der Waals surface area contributed by atoms with Gasteiger partial charge in [0, 0.05) is 11.9 Å². The molecule has 1 heterocycles. The number of aryl methyl sites for hydroxylation is 2. The molecule has 3 aromatic rings. The van der Waals surface area contributed by atoms with Crippen LogP contribution in [-0.2, 0) is 0 Å². The average molecular weight is 251 g/mol. The monoisotopic (exact) mass is 251 g/mol. The predicted molar refractivity (Wildman–Crippen MR) is 84.1 cm³/mol. The molecule has 0 amide bonds. The first-order chi connectivity index (χ1) is 9.24. The fourth-order valence-electron chi connectivity index (χ4n) is 2.17. The second-order valence-electron chi connectivity index (χ2n) is 4.58. The molecule has 3 rings (SSSR count). The number of rotatable bonds is 1. The number of aromatic nitrogens is 1. The summed E-state index contributed by atoms with van der Waals surface area (Å²) >= 11 is 0. The summed E-state index contributed by atoms with van der Waals surface area (Å²) in [5.41, 5.74) is 5.08. The van der Waals surface area contributed by atoms with Crippen molar-refractivity contribution in [3.63, 3.8) is 0 Å². The first kappa shape index (κ1) is 13.4. The number of benzene rings is 2. The largest absolute Gasteiger partial charge is 0.317 e. The van der Waals surface area contributed by atoms with Gasteiger partial charge in [0.15, 0.2) is 0 Å². The predicted octanol–water partition coefficient (Wildman–Crippen LogP) is 5.27. The Morgan fingerprint density at radius 1 is 0.737 bits per heavy atom. The van der Waals surface area contributed by atoms with Gasteiger partial charge in [-0.15, -0.1) is 0 Å². The van der Waals surface area contributed by atoms with Crippen molar-refractivity contribution >= 4 is 10.9 Å². The molecule has 0 bridgehead atoms. The summed E-state index contributed by atoms with van der Waals surface area (Å²) in [6.07, 6.45) is 2.13. The molecular formula is C18H21N. The SMILES string of the molecule is CC.Cc1ccc(-n2ccc3ccc(C)cc32)cc1. The highest BCUT2D eigenvalue weighted by Gasteiger charge is 2.02. The van der Waals surface area contributed by atoms with Gasteiger partial charge in [-0.1, -0.05) is 43.7 Å². The van der Waals surface area contributed by atoms with Crippen molar-refractivity contribution < 1.29 is 0 Å². The zero-order valence-corrected chi connectivity index (χ0v) is 12.1. The molecule has 0 radical (unpaired) electrons. The Hall–Kier alpha value is -2.02. The Bertz CT molecular complexity index is 660. The van der Waals surface area contributed by atoms with Crippen LogP contribution in [0.2, 0.25) is 0 Å². The lowest BCUT2D eigenvalue weighted by molar-refractivity contribution is 1.12. The highest BCUT2D eigenvalue weighted by atomic mass is 15.0. The Balaban J connectivity index is 0.000000637. The summed E-state index contributed by atoms with van der Waals surface area (Å²) in [6.45, 7) is 8.24. The topological polar surface area (TPSA) is 4.93 Å². The van der Waals surface area contributed by atoms with Crippen molar-refractivity contribution in [3.8, 4) is 5.69 Å². The van der Waals surface area contributed by atoms with Crippen LogP contribution in [0.15, 0.2) is 54.7 Å². The van der Waals surface area contributed by atoms with Crippen LogP contribution in [0.5, 0.6) is 0 Å². The van der Waals surface area contributed by atoms with Crippen molar-refractivity contribution in [3.05, 3.63) is 65.9 Å². The molecule has 19 heavy (non-hydrogen) atoms. The minimum absolute atomic E-state index is 1.22. The highest BCUT2D eigenvalue weighted by molar-refractivity contribution is 5.82. The van der Waals surface area contributed by atoms with E-state index in [9.17, 15) is 0 Å². The standard InChI is InChI=1S/C16H15N.C2H6/c1-12-4-7-15(8-5-12)17-10-9-14-6-3-13(2)11-16(14)17;1-2/h3-11H,1-2H3;1-2H3. The minimum atomic E-state index is 1.22. The maximum absolute atomic E-state index is 2.24. The van der Waals surface area contributed by atoms with Crippen LogP contribution in [0.25, 0.3) is 16.6 Å². The fourth-order valence-corrected chi connectivity index (χ4v) is 2.17. The summed E-state index contributed by atoms with van der Waals surface area (Å²) in [5.74, 6) is 0. The molecule has 0 unspecified atom stereocenters. The van der Waals surface area contributed by atoms with E-state index in [1.165, 1.54) is 27.7 Å². The van der Waals surface area contributed by atoms with Gasteiger partial charge in [0.25, 0.3) is 0 Å². The fraction of sp³-hybridized carbons (Fsp3) is 0.222. The highest BCUT2D eigenvalue weighted by Crippen LogP contribution is 2.21. The molecule has 0 fully saturated rings. The molecule has 1 aromatic heterocycles. The van der Waals surface area contributed by atoms with Crippen molar-refractivity contribution in [2.75, 3.05) is 0 Å². The molecule has 1 nitrogen and oxygen atoms in total. The van der Waals surface area contributed by atoms with E-state index < -0.39 is 0 Å². The van der Waals surface area contributed by atoms with Crippen LogP contribution in [0, 0.1) is 13.8 Å². The number of nitrogens with zero attached hydrogens (tertiary/aromatic N) is 1. The van der Waals surface area contributed by atoms with Gasteiger partial charge < -0.3 is 4.57 Å². The third-order valence-electron chi connectivity index (χ3n) is 3.16. The van der Waals surface area contributed by atoms with E-state index in [1.807, 2.05) is 13.8 Å². The molecule has 0 atom stereocenters. The maximum atomic E-state index is 2.24. The van der Waals surface area contributed by atoms with E-state index in [2.05, 4.69) is 73.1 Å². The first-order valence-electron chi connectivity index (χ1n) is 6.89. The Kier molecular flexibility index (Phi) is 4.06. The van der Waals surface area contributed by atoms with Gasteiger partial charge in [0.2, 0.25) is 0 Å². The van der Waals surface area contributed by atoms with Crippen LogP contribution in [0.4, 0.5) is 0 Å². The smallest absolute Gasteiger partial charge is 0.0531 e. The number of fused-ring (bicyclic) bond motifs is 1. The first-order valence-corrected chi connectivity index (χ1v) is 6.89. The second kappa shape index (κ2) is 5.75. The van der Waals surface area contributed by atoms with Gasteiger partial charge in [-0.3, -0.25) is 0 Å². The third kappa shape index (κ3) is 2.70. The molecule has 0 aliphatic carbocycles. The van der Waals surface area contributed by atoms with Crippen LogP contribution in [-0.4, -0.2) is 4.57 Å².